The molecule has 0 saturated carbocycles. The van der Waals surface area contributed by atoms with E-state index >= 15 is 0 Å². The summed E-state index contributed by atoms with van der Waals surface area (Å²) in [5, 5.41) is 41.7. The van der Waals surface area contributed by atoms with E-state index in [-0.39, 0.29) is 0 Å². The van der Waals surface area contributed by atoms with Crippen molar-refractivity contribution >= 4 is 11.9 Å². The number of carboxylic acids is 2. The lowest BCUT2D eigenvalue weighted by molar-refractivity contribution is -0.159. The molecule has 0 saturated heterocycles. The zero-order valence-corrected chi connectivity index (χ0v) is 9.23. The van der Waals surface area contributed by atoms with E-state index in [9.17, 15) is 0 Å². The number of aliphatic hydroxyl groups excluding tert-OH is 3. The summed E-state index contributed by atoms with van der Waals surface area (Å²) in [7, 11) is 0. The minimum atomic E-state index is -1.82. The maximum atomic E-state index is 9.10. The molecule has 5 N–H and O–H groups in total. The molecule has 96 valence electrons. The van der Waals surface area contributed by atoms with Crippen molar-refractivity contribution in [2.24, 2.45) is 0 Å². The van der Waals surface area contributed by atoms with Gasteiger partial charge in [0, 0.05) is 0 Å². The van der Waals surface area contributed by atoms with Crippen molar-refractivity contribution in [3.05, 3.63) is 0 Å². The number of aliphatic hydroxyl groups is 3. The van der Waals surface area contributed by atoms with Gasteiger partial charge >= 0.3 is 11.9 Å². The summed E-state index contributed by atoms with van der Waals surface area (Å²) in [4.78, 5) is 19.4. The van der Waals surface area contributed by atoms with E-state index in [1.165, 1.54) is 25.7 Å². The van der Waals surface area contributed by atoms with Crippen LogP contribution < -0.4 is 0 Å². The molecule has 0 radical (unpaired) electrons. The Labute approximate surface area is 92.4 Å². The summed E-state index contributed by atoms with van der Waals surface area (Å²) < 4.78 is 0. The summed E-state index contributed by atoms with van der Waals surface area (Å²) in [6.07, 6.45) is -2.50. The molecule has 0 spiro atoms. The molecule has 0 heterocycles. The van der Waals surface area contributed by atoms with Crippen LogP contribution in [0.5, 0.6) is 0 Å². The highest BCUT2D eigenvalue weighted by molar-refractivity contribution is 6.27. The van der Waals surface area contributed by atoms with Gasteiger partial charge in [-0.25, -0.2) is 14.5 Å². The largest absolute Gasteiger partial charge is 0.473 e. The van der Waals surface area contributed by atoms with E-state index in [0.29, 0.717) is 0 Å². The van der Waals surface area contributed by atoms with Crippen LogP contribution in [0.3, 0.4) is 0 Å². The van der Waals surface area contributed by atoms with Crippen molar-refractivity contribution in [2.45, 2.75) is 39.5 Å². The van der Waals surface area contributed by atoms with Crippen LogP contribution in [0.25, 0.3) is 0 Å². The molecule has 16 heavy (non-hydrogen) atoms. The van der Waals surface area contributed by atoms with Crippen molar-refractivity contribution in [1.82, 2.24) is 4.90 Å². The molecule has 0 rings (SSSR count). The third kappa shape index (κ3) is 8.12. The van der Waals surface area contributed by atoms with Crippen molar-refractivity contribution < 1.29 is 35.1 Å². The maximum absolute atomic E-state index is 9.10. The van der Waals surface area contributed by atoms with Crippen LogP contribution in [0.1, 0.15) is 20.8 Å². The van der Waals surface area contributed by atoms with Crippen molar-refractivity contribution in [2.75, 3.05) is 0 Å². The second kappa shape index (κ2) is 7.99. The topological polar surface area (TPSA) is 139 Å². The molecule has 0 fully saturated rings. The number of aliphatic carboxylic acids is 2. The average Bonchev–Trinajstić information content (AvgIpc) is 2.01. The van der Waals surface area contributed by atoms with Gasteiger partial charge in [0.2, 0.25) is 0 Å². The molecule has 8 nitrogen and oxygen atoms in total. The van der Waals surface area contributed by atoms with Gasteiger partial charge in [-0.3, -0.25) is 0 Å². The molecule has 0 aliphatic carbocycles. The predicted octanol–water partition coefficient (Wildman–Crippen LogP) is -1.54. The molecule has 0 aliphatic heterocycles. The van der Waals surface area contributed by atoms with Gasteiger partial charge in [0.15, 0.2) is 0 Å². The lowest BCUT2D eigenvalue weighted by Crippen LogP contribution is -2.45. The molecule has 3 unspecified atom stereocenters. The third-order valence-electron chi connectivity index (χ3n) is 1.48. The highest BCUT2D eigenvalue weighted by atomic mass is 16.4. The maximum Gasteiger partial charge on any atom is 0.414 e. The number of carboxylic acid groups (broad SMARTS) is 2. The summed E-state index contributed by atoms with van der Waals surface area (Å²) in [6.45, 7) is 4.46. The summed E-state index contributed by atoms with van der Waals surface area (Å²) in [6, 6.07) is 0. The van der Waals surface area contributed by atoms with Gasteiger partial charge in [-0.2, -0.15) is 0 Å². The summed E-state index contributed by atoms with van der Waals surface area (Å²) in [5.74, 6) is -3.65. The van der Waals surface area contributed by atoms with Crippen molar-refractivity contribution in [1.29, 1.82) is 0 Å². The van der Waals surface area contributed by atoms with E-state index in [4.69, 9.17) is 35.1 Å². The van der Waals surface area contributed by atoms with Gasteiger partial charge in [-0.15, -0.1) is 0 Å². The first-order chi connectivity index (χ1) is 7.11. The van der Waals surface area contributed by atoms with E-state index < -0.39 is 30.6 Å². The van der Waals surface area contributed by atoms with Crippen LogP contribution in [0, 0.1) is 0 Å². The Morgan fingerprint density at radius 2 is 1.00 bits per heavy atom. The second-order valence-electron chi connectivity index (χ2n) is 2.95. The van der Waals surface area contributed by atoms with Gasteiger partial charge in [-0.1, -0.05) is 0 Å². The van der Waals surface area contributed by atoms with Crippen LogP contribution in [0.15, 0.2) is 0 Å². The quantitative estimate of drug-likeness (QED) is 0.295. The smallest absolute Gasteiger partial charge is 0.414 e. The highest BCUT2D eigenvalue weighted by Gasteiger charge is 2.20. The fourth-order valence-electron chi connectivity index (χ4n) is 0.937. The standard InChI is InChI=1S/C6H15NO3.C2H2O4/c1-4(8)7(5(2)9)6(3)10;3-1(4)2(5)6/h4-6,8-10H,1-3H3;(H,3,4)(H,5,6). The Hall–Kier alpha value is -1.22. The van der Waals surface area contributed by atoms with Crippen molar-refractivity contribution in [3.63, 3.8) is 0 Å². The SMILES string of the molecule is CC(O)N(C(C)O)C(C)O.O=C(O)C(=O)O. The Morgan fingerprint density at radius 1 is 0.812 bits per heavy atom. The monoisotopic (exact) mass is 239 g/mol. The first-order valence-corrected chi connectivity index (χ1v) is 4.39. The lowest BCUT2D eigenvalue weighted by atomic mass is 10.4. The minimum absolute atomic E-state index is 0.833. The molecule has 0 aromatic heterocycles. The molecular formula is C8H17NO7. The molecule has 0 aromatic rings. The van der Waals surface area contributed by atoms with Crippen molar-refractivity contribution in [3.8, 4) is 0 Å². The summed E-state index contributed by atoms with van der Waals surface area (Å²) in [5.41, 5.74) is 0. The zero-order valence-electron chi connectivity index (χ0n) is 9.23. The third-order valence-corrected chi connectivity index (χ3v) is 1.48. The van der Waals surface area contributed by atoms with E-state index in [2.05, 4.69) is 0 Å². The highest BCUT2D eigenvalue weighted by Crippen LogP contribution is 2.04. The number of carbonyl (C=O) groups is 2. The van der Waals surface area contributed by atoms with Crippen LogP contribution >= 0.6 is 0 Å². The van der Waals surface area contributed by atoms with E-state index in [1.807, 2.05) is 0 Å². The molecule has 8 heteroatoms. The molecule has 0 aliphatic rings. The first-order valence-electron chi connectivity index (χ1n) is 4.39. The van der Waals surface area contributed by atoms with Gasteiger partial charge in [0.25, 0.3) is 0 Å². The average molecular weight is 239 g/mol. The van der Waals surface area contributed by atoms with Gasteiger partial charge in [-0.05, 0) is 20.8 Å². The fraction of sp³-hybridized carbons (Fsp3) is 0.750. The van der Waals surface area contributed by atoms with Gasteiger partial charge in [0.1, 0.15) is 18.7 Å². The minimum Gasteiger partial charge on any atom is -0.473 e. The normalized spacial score (nSPS) is 15.7. The van der Waals surface area contributed by atoms with Crippen LogP contribution in [0.2, 0.25) is 0 Å². The lowest BCUT2D eigenvalue weighted by Gasteiger charge is -2.30. The van der Waals surface area contributed by atoms with Gasteiger partial charge in [0.05, 0.1) is 0 Å². The van der Waals surface area contributed by atoms with Crippen LogP contribution in [-0.4, -0.2) is 61.1 Å². The van der Waals surface area contributed by atoms with E-state index in [1.54, 1.807) is 0 Å². The molecule has 0 amide bonds. The predicted molar refractivity (Wildman–Crippen MR) is 52.2 cm³/mol. The Morgan fingerprint density at radius 3 is 1.00 bits per heavy atom. The van der Waals surface area contributed by atoms with E-state index in [0.717, 1.165) is 0 Å². The Bertz CT molecular complexity index is 195. The molecule has 0 aromatic carbocycles. The fourth-order valence-corrected chi connectivity index (χ4v) is 0.937. The molecule has 3 atom stereocenters. The Kier molecular flexibility index (Phi) is 8.58. The molecular weight excluding hydrogens is 222 g/mol. The summed E-state index contributed by atoms with van der Waals surface area (Å²) >= 11 is 0. The Balaban J connectivity index is 0. The van der Waals surface area contributed by atoms with Gasteiger partial charge < -0.3 is 25.5 Å². The first kappa shape index (κ1) is 17.2. The number of hydrogen-bond acceptors (Lipinski definition) is 6. The zero-order chi connectivity index (χ0) is 13.5. The number of nitrogens with zero attached hydrogens (tertiary/aromatic N) is 1. The van der Waals surface area contributed by atoms with Crippen LogP contribution in [0.4, 0.5) is 0 Å². The number of rotatable bonds is 3. The second-order valence-corrected chi connectivity index (χ2v) is 2.95. The molecule has 0 bridgehead atoms. The number of hydrogen-bond donors (Lipinski definition) is 5. The van der Waals surface area contributed by atoms with Crippen LogP contribution in [-0.2, 0) is 9.59 Å².